The Morgan fingerprint density at radius 2 is 2.11 bits per heavy atom. The molecule has 0 saturated heterocycles. The van der Waals surface area contributed by atoms with Crippen molar-refractivity contribution in [2.75, 3.05) is 6.54 Å². The molecule has 0 bridgehead atoms. The zero-order valence-electron chi connectivity index (χ0n) is 10.2. The first-order valence-corrected chi connectivity index (χ1v) is 7.56. The van der Waals surface area contributed by atoms with Gasteiger partial charge in [-0.05, 0) is 43.3 Å². The third-order valence-electron chi connectivity index (χ3n) is 2.58. The van der Waals surface area contributed by atoms with E-state index in [0.29, 0.717) is 5.56 Å². The normalized spacial score (nSPS) is 10.8. The summed E-state index contributed by atoms with van der Waals surface area (Å²) in [7, 11) is 0. The van der Waals surface area contributed by atoms with Crippen LogP contribution in [-0.4, -0.2) is 6.54 Å². The Morgan fingerprint density at radius 3 is 2.83 bits per heavy atom. The van der Waals surface area contributed by atoms with E-state index in [1.807, 2.05) is 18.2 Å². The van der Waals surface area contributed by atoms with E-state index in [9.17, 15) is 4.39 Å². The molecule has 0 amide bonds. The standard InChI is InChI=1S/C14H15BrFNS/c1-2-7-17-9-11-4-6-14(18-11)12-5-3-10(15)8-13(12)16/h3-6,8,17H,2,7,9H2,1H3. The lowest BCUT2D eigenvalue weighted by molar-refractivity contribution is 0.631. The van der Waals surface area contributed by atoms with E-state index in [-0.39, 0.29) is 5.82 Å². The summed E-state index contributed by atoms with van der Waals surface area (Å²) >= 11 is 4.91. The molecule has 0 radical (unpaired) electrons. The molecule has 0 aliphatic heterocycles. The van der Waals surface area contributed by atoms with Gasteiger partial charge in [-0.25, -0.2) is 4.39 Å². The largest absolute Gasteiger partial charge is 0.312 e. The first-order valence-electron chi connectivity index (χ1n) is 5.95. The number of thiophene rings is 1. The van der Waals surface area contributed by atoms with Crippen LogP contribution in [0.25, 0.3) is 10.4 Å². The summed E-state index contributed by atoms with van der Waals surface area (Å²) in [5, 5.41) is 3.35. The molecule has 2 rings (SSSR count). The predicted molar refractivity (Wildman–Crippen MR) is 79.4 cm³/mol. The number of halogens is 2. The molecular formula is C14H15BrFNS. The molecule has 18 heavy (non-hydrogen) atoms. The summed E-state index contributed by atoms with van der Waals surface area (Å²) in [5.74, 6) is -0.181. The van der Waals surface area contributed by atoms with Crippen LogP contribution in [-0.2, 0) is 6.54 Å². The smallest absolute Gasteiger partial charge is 0.132 e. The summed E-state index contributed by atoms with van der Waals surface area (Å²) in [6.45, 7) is 4.01. The van der Waals surface area contributed by atoms with Gasteiger partial charge in [-0.15, -0.1) is 11.3 Å². The Labute approximate surface area is 119 Å². The lowest BCUT2D eigenvalue weighted by Crippen LogP contribution is -2.12. The van der Waals surface area contributed by atoms with E-state index in [4.69, 9.17) is 0 Å². The molecule has 0 atom stereocenters. The number of nitrogens with one attached hydrogen (secondary N) is 1. The van der Waals surface area contributed by atoms with E-state index in [1.165, 1.54) is 10.9 Å². The summed E-state index contributed by atoms with van der Waals surface area (Å²) in [6, 6.07) is 9.23. The molecule has 0 saturated carbocycles. The van der Waals surface area contributed by atoms with Crippen molar-refractivity contribution in [2.24, 2.45) is 0 Å². The van der Waals surface area contributed by atoms with Crippen molar-refractivity contribution in [1.82, 2.24) is 5.32 Å². The maximum atomic E-state index is 13.8. The second-order valence-corrected chi connectivity index (χ2v) is 6.15. The van der Waals surface area contributed by atoms with Gasteiger partial charge in [0.25, 0.3) is 0 Å². The van der Waals surface area contributed by atoms with E-state index in [2.05, 4.69) is 34.2 Å². The van der Waals surface area contributed by atoms with Gasteiger partial charge >= 0.3 is 0 Å². The fraction of sp³-hybridized carbons (Fsp3) is 0.286. The first-order chi connectivity index (χ1) is 8.70. The number of rotatable bonds is 5. The Kier molecular flexibility index (Phi) is 4.92. The van der Waals surface area contributed by atoms with Crippen LogP contribution in [0.5, 0.6) is 0 Å². The molecule has 0 aliphatic carbocycles. The van der Waals surface area contributed by atoms with Crippen LogP contribution in [0.15, 0.2) is 34.8 Å². The molecule has 0 unspecified atom stereocenters. The summed E-state index contributed by atoms with van der Waals surface area (Å²) in [4.78, 5) is 2.22. The topological polar surface area (TPSA) is 12.0 Å². The average molecular weight is 328 g/mol. The molecule has 0 aliphatic rings. The van der Waals surface area contributed by atoms with Crippen molar-refractivity contribution in [1.29, 1.82) is 0 Å². The SMILES string of the molecule is CCCNCc1ccc(-c2ccc(Br)cc2F)s1. The minimum atomic E-state index is -0.181. The Morgan fingerprint density at radius 1 is 1.28 bits per heavy atom. The van der Waals surface area contributed by atoms with Gasteiger partial charge in [0.05, 0.1) is 0 Å². The molecule has 1 heterocycles. The van der Waals surface area contributed by atoms with E-state index in [1.54, 1.807) is 11.3 Å². The summed E-state index contributed by atoms with van der Waals surface area (Å²) < 4.78 is 14.6. The Hall–Kier alpha value is -0.710. The van der Waals surface area contributed by atoms with Gasteiger partial charge in [0.2, 0.25) is 0 Å². The maximum absolute atomic E-state index is 13.8. The van der Waals surface area contributed by atoms with Crippen molar-refractivity contribution in [2.45, 2.75) is 19.9 Å². The molecule has 2 aromatic rings. The van der Waals surface area contributed by atoms with Gasteiger partial charge in [-0.1, -0.05) is 22.9 Å². The molecule has 4 heteroatoms. The second kappa shape index (κ2) is 6.45. The van der Waals surface area contributed by atoms with Crippen LogP contribution in [0.1, 0.15) is 18.2 Å². The van der Waals surface area contributed by atoms with Crippen LogP contribution in [0.2, 0.25) is 0 Å². The van der Waals surface area contributed by atoms with Crippen molar-refractivity contribution in [3.8, 4) is 10.4 Å². The zero-order valence-corrected chi connectivity index (χ0v) is 12.6. The fourth-order valence-corrected chi connectivity index (χ4v) is 3.03. The highest BCUT2D eigenvalue weighted by Gasteiger charge is 2.08. The first kappa shape index (κ1) is 13.7. The van der Waals surface area contributed by atoms with Crippen molar-refractivity contribution < 1.29 is 4.39 Å². The van der Waals surface area contributed by atoms with E-state index >= 15 is 0 Å². The predicted octanol–water partition coefficient (Wildman–Crippen LogP) is 4.82. The van der Waals surface area contributed by atoms with Crippen LogP contribution >= 0.6 is 27.3 Å². The molecule has 1 nitrogen and oxygen atoms in total. The summed E-state index contributed by atoms with van der Waals surface area (Å²) in [5.41, 5.74) is 0.671. The van der Waals surface area contributed by atoms with Gasteiger partial charge in [0, 0.05) is 26.3 Å². The number of hydrogen-bond donors (Lipinski definition) is 1. The van der Waals surface area contributed by atoms with Crippen LogP contribution < -0.4 is 5.32 Å². The third-order valence-corrected chi connectivity index (χ3v) is 4.20. The maximum Gasteiger partial charge on any atom is 0.132 e. The Bertz CT molecular complexity index is 524. The van der Waals surface area contributed by atoms with Gasteiger partial charge in [0.1, 0.15) is 5.82 Å². The molecule has 96 valence electrons. The molecule has 0 fully saturated rings. The number of hydrogen-bond acceptors (Lipinski definition) is 2. The molecule has 1 N–H and O–H groups in total. The molecular weight excluding hydrogens is 313 g/mol. The van der Waals surface area contributed by atoms with Crippen molar-refractivity contribution in [3.63, 3.8) is 0 Å². The third kappa shape index (κ3) is 3.40. The van der Waals surface area contributed by atoms with Gasteiger partial charge in [0.15, 0.2) is 0 Å². The van der Waals surface area contributed by atoms with Gasteiger partial charge < -0.3 is 5.32 Å². The van der Waals surface area contributed by atoms with Crippen molar-refractivity contribution in [3.05, 3.63) is 45.5 Å². The zero-order chi connectivity index (χ0) is 13.0. The fourth-order valence-electron chi connectivity index (χ4n) is 1.70. The second-order valence-electron chi connectivity index (χ2n) is 4.07. The molecule has 1 aromatic heterocycles. The number of benzene rings is 1. The lowest BCUT2D eigenvalue weighted by atomic mass is 10.2. The van der Waals surface area contributed by atoms with Crippen molar-refractivity contribution >= 4 is 27.3 Å². The Balaban J connectivity index is 2.13. The van der Waals surface area contributed by atoms with E-state index in [0.717, 1.165) is 28.9 Å². The van der Waals surface area contributed by atoms with Crippen LogP contribution in [0, 0.1) is 5.82 Å². The molecule has 0 spiro atoms. The van der Waals surface area contributed by atoms with Gasteiger partial charge in [-0.3, -0.25) is 0 Å². The van der Waals surface area contributed by atoms with Gasteiger partial charge in [-0.2, -0.15) is 0 Å². The van der Waals surface area contributed by atoms with Crippen LogP contribution in [0.3, 0.4) is 0 Å². The average Bonchev–Trinajstić information content (AvgIpc) is 2.78. The minimum Gasteiger partial charge on any atom is -0.312 e. The van der Waals surface area contributed by atoms with E-state index < -0.39 is 0 Å². The quantitative estimate of drug-likeness (QED) is 0.776. The monoisotopic (exact) mass is 327 g/mol. The summed E-state index contributed by atoms with van der Waals surface area (Å²) in [6.07, 6.45) is 1.12. The highest BCUT2D eigenvalue weighted by Crippen LogP contribution is 2.31. The molecule has 1 aromatic carbocycles. The highest BCUT2D eigenvalue weighted by atomic mass is 79.9. The minimum absolute atomic E-state index is 0.181. The highest BCUT2D eigenvalue weighted by molar-refractivity contribution is 9.10. The van der Waals surface area contributed by atoms with Crippen LogP contribution in [0.4, 0.5) is 4.39 Å². The lowest BCUT2D eigenvalue weighted by Gasteiger charge is -2.01.